The number of aromatic amines is 1. The summed E-state index contributed by atoms with van der Waals surface area (Å²) in [5.41, 5.74) is 2.34. The Labute approximate surface area is 96.5 Å². The zero-order valence-electron chi connectivity index (χ0n) is 9.87. The van der Waals surface area contributed by atoms with E-state index in [0.29, 0.717) is 5.92 Å². The molecule has 0 aromatic carbocycles. The van der Waals surface area contributed by atoms with E-state index in [4.69, 9.17) is 0 Å². The number of nitrogens with zero attached hydrogens (tertiary/aromatic N) is 1. The first-order valence-corrected chi connectivity index (χ1v) is 6.15. The number of aliphatic hydroxyl groups excluding tert-OH is 1. The third-order valence-electron chi connectivity index (χ3n) is 3.53. The van der Waals surface area contributed by atoms with Crippen molar-refractivity contribution in [2.45, 2.75) is 45.3 Å². The van der Waals surface area contributed by atoms with Crippen molar-refractivity contribution in [3.05, 3.63) is 17.5 Å². The number of aromatic nitrogens is 2. The number of H-pyrrole nitrogens is 1. The molecule has 1 fully saturated rings. The normalized spacial score (nSPS) is 25.9. The highest BCUT2D eigenvalue weighted by atomic mass is 16.3. The average molecular weight is 223 g/mol. The highest BCUT2D eigenvalue weighted by Crippen LogP contribution is 2.23. The van der Waals surface area contributed by atoms with Crippen LogP contribution in [0.5, 0.6) is 0 Å². The van der Waals surface area contributed by atoms with E-state index in [2.05, 4.69) is 15.5 Å². The Morgan fingerprint density at radius 1 is 1.50 bits per heavy atom. The number of nitrogens with one attached hydrogen (secondary N) is 2. The van der Waals surface area contributed by atoms with Crippen molar-refractivity contribution in [1.29, 1.82) is 0 Å². The number of rotatable bonds is 4. The standard InChI is InChI=1S/C12H21N3O/c1-9-11(8-14-15-9)7-13-6-10-4-2-3-5-12(10)16/h8,10,12-13,16H,2-7H2,1H3,(H,14,15). The van der Waals surface area contributed by atoms with Gasteiger partial charge in [0.2, 0.25) is 0 Å². The highest BCUT2D eigenvalue weighted by molar-refractivity contribution is 5.13. The Morgan fingerprint density at radius 2 is 2.31 bits per heavy atom. The van der Waals surface area contributed by atoms with Gasteiger partial charge < -0.3 is 10.4 Å². The molecule has 0 radical (unpaired) electrons. The van der Waals surface area contributed by atoms with Gasteiger partial charge in [-0.05, 0) is 25.7 Å². The molecule has 2 atom stereocenters. The minimum atomic E-state index is -0.105. The lowest BCUT2D eigenvalue weighted by molar-refractivity contribution is 0.0695. The average Bonchev–Trinajstić information content (AvgIpc) is 2.67. The maximum absolute atomic E-state index is 9.82. The number of hydrogen-bond donors (Lipinski definition) is 3. The third kappa shape index (κ3) is 2.83. The first-order valence-electron chi connectivity index (χ1n) is 6.15. The molecule has 90 valence electrons. The van der Waals surface area contributed by atoms with E-state index in [9.17, 15) is 5.11 Å². The van der Waals surface area contributed by atoms with E-state index in [1.807, 2.05) is 13.1 Å². The minimum Gasteiger partial charge on any atom is -0.393 e. The first kappa shape index (κ1) is 11.6. The zero-order valence-corrected chi connectivity index (χ0v) is 9.87. The van der Waals surface area contributed by atoms with Crippen LogP contribution in [0.3, 0.4) is 0 Å². The monoisotopic (exact) mass is 223 g/mol. The summed E-state index contributed by atoms with van der Waals surface area (Å²) in [5, 5.41) is 20.1. The molecule has 0 spiro atoms. The summed E-state index contributed by atoms with van der Waals surface area (Å²) in [6.45, 7) is 3.77. The molecule has 2 unspecified atom stereocenters. The second-order valence-electron chi connectivity index (χ2n) is 4.76. The van der Waals surface area contributed by atoms with Crippen LogP contribution in [-0.4, -0.2) is 28.0 Å². The smallest absolute Gasteiger partial charge is 0.0580 e. The fourth-order valence-corrected chi connectivity index (χ4v) is 2.37. The lowest BCUT2D eigenvalue weighted by Gasteiger charge is -2.27. The Morgan fingerprint density at radius 3 is 3.00 bits per heavy atom. The fourth-order valence-electron chi connectivity index (χ4n) is 2.37. The highest BCUT2D eigenvalue weighted by Gasteiger charge is 2.22. The number of aryl methyl sites for hydroxylation is 1. The Hall–Kier alpha value is -0.870. The van der Waals surface area contributed by atoms with Crippen LogP contribution in [0.4, 0.5) is 0 Å². The molecule has 1 aromatic heterocycles. The Bertz CT molecular complexity index is 324. The van der Waals surface area contributed by atoms with Gasteiger partial charge in [0.15, 0.2) is 0 Å². The minimum absolute atomic E-state index is 0.105. The van der Waals surface area contributed by atoms with Gasteiger partial charge in [0, 0.05) is 24.3 Å². The van der Waals surface area contributed by atoms with Crippen LogP contribution < -0.4 is 5.32 Å². The predicted octanol–water partition coefficient (Wildman–Crippen LogP) is 1.36. The second kappa shape index (κ2) is 5.46. The summed E-state index contributed by atoms with van der Waals surface area (Å²) in [6.07, 6.45) is 6.31. The van der Waals surface area contributed by atoms with E-state index in [-0.39, 0.29) is 6.10 Å². The molecule has 3 N–H and O–H groups in total. The van der Waals surface area contributed by atoms with E-state index in [0.717, 1.165) is 31.6 Å². The van der Waals surface area contributed by atoms with Gasteiger partial charge in [-0.2, -0.15) is 5.10 Å². The largest absolute Gasteiger partial charge is 0.393 e. The van der Waals surface area contributed by atoms with Crippen LogP contribution in [0.15, 0.2) is 6.20 Å². The molecule has 1 aromatic rings. The van der Waals surface area contributed by atoms with Crippen LogP contribution in [0.25, 0.3) is 0 Å². The maximum Gasteiger partial charge on any atom is 0.0580 e. The van der Waals surface area contributed by atoms with Gasteiger partial charge in [0.05, 0.1) is 12.3 Å². The molecule has 1 heterocycles. The van der Waals surface area contributed by atoms with Gasteiger partial charge in [-0.1, -0.05) is 12.8 Å². The van der Waals surface area contributed by atoms with Crippen molar-refractivity contribution >= 4 is 0 Å². The summed E-state index contributed by atoms with van der Waals surface area (Å²) in [4.78, 5) is 0. The zero-order chi connectivity index (χ0) is 11.4. The van der Waals surface area contributed by atoms with Crippen molar-refractivity contribution in [3.63, 3.8) is 0 Å². The van der Waals surface area contributed by atoms with Crippen LogP contribution in [0.2, 0.25) is 0 Å². The molecule has 1 aliphatic rings. The van der Waals surface area contributed by atoms with Crippen LogP contribution in [-0.2, 0) is 6.54 Å². The van der Waals surface area contributed by atoms with Gasteiger partial charge in [0.1, 0.15) is 0 Å². The van der Waals surface area contributed by atoms with Crippen molar-refractivity contribution in [1.82, 2.24) is 15.5 Å². The molecular weight excluding hydrogens is 202 g/mol. The van der Waals surface area contributed by atoms with E-state index >= 15 is 0 Å². The van der Waals surface area contributed by atoms with Crippen molar-refractivity contribution in [2.24, 2.45) is 5.92 Å². The Kier molecular flexibility index (Phi) is 3.96. The lowest BCUT2D eigenvalue weighted by atomic mass is 9.86. The van der Waals surface area contributed by atoms with E-state index in [1.54, 1.807) is 0 Å². The van der Waals surface area contributed by atoms with Crippen LogP contribution >= 0.6 is 0 Å². The molecule has 2 rings (SSSR count). The molecule has 0 aliphatic heterocycles. The molecule has 0 amide bonds. The SMILES string of the molecule is Cc1[nH]ncc1CNCC1CCCCC1O. The second-order valence-corrected chi connectivity index (χ2v) is 4.76. The van der Waals surface area contributed by atoms with Crippen molar-refractivity contribution < 1.29 is 5.11 Å². The molecule has 4 nitrogen and oxygen atoms in total. The van der Waals surface area contributed by atoms with Gasteiger partial charge >= 0.3 is 0 Å². The lowest BCUT2D eigenvalue weighted by Crippen LogP contribution is -2.33. The van der Waals surface area contributed by atoms with Crippen LogP contribution in [0.1, 0.15) is 36.9 Å². The summed E-state index contributed by atoms with van der Waals surface area (Å²) in [5.74, 6) is 0.431. The topological polar surface area (TPSA) is 60.9 Å². The summed E-state index contributed by atoms with van der Waals surface area (Å²) < 4.78 is 0. The molecule has 1 aliphatic carbocycles. The van der Waals surface area contributed by atoms with Gasteiger partial charge in [0.25, 0.3) is 0 Å². The molecule has 4 heteroatoms. The van der Waals surface area contributed by atoms with Gasteiger partial charge in [-0.3, -0.25) is 5.10 Å². The van der Waals surface area contributed by atoms with Gasteiger partial charge in [-0.25, -0.2) is 0 Å². The molecule has 0 saturated heterocycles. The van der Waals surface area contributed by atoms with Gasteiger partial charge in [-0.15, -0.1) is 0 Å². The molecular formula is C12H21N3O. The predicted molar refractivity (Wildman–Crippen MR) is 63.0 cm³/mol. The number of aliphatic hydroxyl groups is 1. The summed E-state index contributed by atoms with van der Waals surface area (Å²) in [6, 6.07) is 0. The fraction of sp³-hybridized carbons (Fsp3) is 0.750. The van der Waals surface area contributed by atoms with E-state index in [1.165, 1.54) is 18.4 Å². The molecule has 0 bridgehead atoms. The Balaban J connectivity index is 1.73. The van der Waals surface area contributed by atoms with Crippen LogP contribution in [0, 0.1) is 12.8 Å². The van der Waals surface area contributed by atoms with Crippen molar-refractivity contribution in [2.75, 3.05) is 6.54 Å². The van der Waals surface area contributed by atoms with Crippen molar-refractivity contribution in [3.8, 4) is 0 Å². The maximum atomic E-state index is 9.82. The first-order chi connectivity index (χ1) is 7.77. The molecule has 16 heavy (non-hydrogen) atoms. The van der Waals surface area contributed by atoms with E-state index < -0.39 is 0 Å². The third-order valence-corrected chi connectivity index (χ3v) is 3.53. The summed E-state index contributed by atoms with van der Waals surface area (Å²) >= 11 is 0. The summed E-state index contributed by atoms with van der Waals surface area (Å²) in [7, 11) is 0. The number of hydrogen-bond acceptors (Lipinski definition) is 3. The quantitative estimate of drug-likeness (QED) is 0.722. The molecule has 1 saturated carbocycles.